The molecule has 4 rings (SSSR count). The molecule has 1 fully saturated rings. The number of piperidine rings is 1. The zero-order valence-corrected chi connectivity index (χ0v) is 18.2. The van der Waals surface area contributed by atoms with Gasteiger partial charge in [-0.15, -0.1) is 10.2 Å². The molecule has 0 radical (unpaired) electrons. The Morgan fingerprint density at radius 3 is 2.38 bits per heavy atom. The van der Waals surface area contributed by atoms with Crippen LogP contribution in [0.25, 0.3) is 11.3 Å². The number of carbonyl (C=O) groups is 2. The third-order valence-corrected chi connectivity index (χ3v) is 5.76. The lowest BCUT2D eigenvalue weighted by Gasteiger charge is -2.31. The van der Waals surface area contributed by atoms with Crippen LogP contribution in [0.2, 0.25) is 0 Å². The predicted molar refractivity (Wildman–Crippen MR) is 124 cm³/mol. The van der Waals surface area contributed by atoms with Gasteiger partial charge in [-0.05, 0) is 68.3 Å². The standard InChI is InChI=1S/C25H26N4O3/c1-17(30)20-4-3-5-21(16-20)26-25(31)19-12-14-29(15-13-19)24-11-10-23(27-28-24)18-6-8-22(32-2)9-7-18/h3-11,16,19H,12-15H2,1-2H3,(H,26,31). The Kier molecular flexibility index (Phi) is 6.44. The normalized spacial score (nSPS) is 14.1. The van der Waals surface area contributed by atoms with E-state index in [1.54, 1.807) is 31.4 Å². The van der Waals surface area contributed by atoms with Crippen molar-refractivity contribution in [3.63, 3.8) is 0 Å². The van der Waals surface area contributed by atoms with Gasteiger partial charge in [0.15, 0.2) is 11.6 Å². The van der Waals surface area contributed by atoms with E-state index in [4.69, 9.17) is 4.74 Å². The minimum atomic E-state index is -0.0706. The minimum absolute atomic E-state index is 0.00806. The lowest BCUT2D eigenvalue weighted by Crippen LogP contribution is -2.38. The molecule has 3 aromatic rings. The number of anilines is 2. The molecule has 0 saturated carbocycles. The van der Waals surface area contributed by atoms with Crippen LogP contribution in [0.15, 0.2) is 60.7 Å². The second-order valence-electron chi connectivity index (χ2n) is 7.89. The highest BCUT2D eigenvalue weighted by atomic mass is 16.5. The highest BCUT2D eigenvalue weighted by molar-refractivity contribution is 5.97. The summed E-state index contributed by atoms with van der Waals surface area (Å²) in [4.78, 5) is 26.4. The summed E-state index contributed by atoms with van der Waals surface area (Å²) >= 11 is 0. The number of nitrogens with zero attached hydrogens (tertiary/aromatic N) is 3. The molecule has 0 atom stereocenters. The van der Waals surface area contributed by atoms with Gasteiger partial charge in [-0.2, -0.15) is 0 Å². The number of benzene rings is 2. The van der Waals surface area contributed by atoms with Crippen molar-refractivity contribution in [3.8, 4) is 17.0 Å². The van der Waals surface area contributed by atoms with Crippen molar-refractivity contribution in [1.82, 2.24) is 10.2 Å². The molecule has 1 aliphatic heterocycles. The zero-order valence-electron chi connectivity index (χ0n) is 18.2. The van der Waals surface area contributed by atoms with Gasteiger partial charge in [0.2, 0.25) is 5.91 Å². The van der Waals surface area contributed by atoms with Crippen LogP contribution < -0.4 is 15.0 Å². The number of amides is 1. The molecule has 2 aromatic carbocycles. The molecule has 0 spiro atoms. The van der Waals surface area contributed by atoms with E-state index in [9.17, 15) is 9.59 Å². The number of Topliss-reactive ketones (excluding diaryl/α,β-unsaturated/α-hetero) is 1. The maximum Gasteiger partial charge on any atom is 0.227 e. The Morgan fingerprint density at radius 2 is 1.75 bits per heavy atom. The van der Waals surface area contributed by atoms with Crippen molar-refractivity contribution < 1.29 is 14.3 Å². The average molecular weight is 431 g/mol. The van der Waals surface area contributed by atoms with Crippen LogP contribution >= 0.6 is 0 Å². The molecule has 1 aromatic heterocycles. The maximum absolute atomic E-state index is 12.7. The fraction of sp³-hybridized carbons (Fsp3) is 0.280. The third kappa shape index (κ3) is 4.94. The van der Waals surface area contributed by atoms with Crippen LogP contribution in [0.4, 0.5) is 11.5 Å². The first kappa shape index (κ1) is 21.5. The number of aromatic nitrogens is 2. The Balaban J connectivity index is 1.33. The first-order valence-corrected chi connectivity index (χ1v) is 10.7. The molecular formula is C25H26N4O3. The van der Waals surface area contributed by atoms with E-state index in [0.717, 1.165) is 48.8 Å². The Morgan fingerprint density at radius 1 is 1.00 bits per heavy atom. The lowest BCUT2D eigenvalue weighted by atomic mass is 9.95. The highest BCUT2D eigenvalue weighted by Crippen LogP contribution is 2.25. The van der Waals surface area contributed by atoms with E-state index in [2.05, 4.69) is 20.4 Å². The Bertz CT molecular complexity index is 1090. The van der Waals surface area contributed by atoms with E-state index < -0.39 is 0 Å². The third-order valence-electron chi connectivity index (χ3n) is 5.76. The summed E-state index contributed by atoms with van der Waals surface area (Å²) in [5.41, 5.74) is 3.03. The van der Waals surface area contributed by atoms with Gasteiger partial charge < -0.3 is 15.0 Å². The Hall–Kier alpha value is -3.74. The summed E-state index contributed by atoms with van der Waals surface area (Å²) in [6.07, 6.45) is 1.47. The topological polar surface area (TPSA) is 84.4 Å². The molecule has 32 heavy (non-hydrogen) atoms. The van der Waals surface area contributed by atoms with Crippen LogP contribution in [0.1, 0.15) is 30.1 Å². The molecular weight excluding hydrogens is 404 g/mol. The minimum Gasteiger partial charge on any atom is -0.497 e. The van der Waals surface area contributed by atoms with Crippen LogP contribution in [-0.2, 0) is 4.79 Å². The quantitative estimate of drug-likeness (QED) is 0.590. The van der Waals surface area contributed by atoms with Gasteiger partial charge in [-0.1, -0.05) is 12.1 Å². The number of rotatable bonds is 6. The van der Waals surface area contributed by atoms with Gasteiger partial charge in [0.1, 0.15) is 5.75 Å². The van der Waals surface area contributed by atoms with E-state index in [-0.39, 0.29) is 17.6 Å². The fourth-order valence-corrected chi connectivity index (χ4v) is 3.84. The Labute approximate surface area is 187 Å². The summed E-state index contributed by atoms with van der Waals surface area (Å²) < 4.78 is 5.19. The molecule has 164 valence electrons. The first-order chi connectivity index (χ1) is 15.5. The van der Waals surface area contributed by atoms with Gasteiger partial charge in [-0.3, -0.25) is 9.59 Å². The van der Waals surface area contributed by atoms with E-state index in [0.29, 0.717) is 11.3 Å². The smallest absolute Gasteiger partial charge is 0.227 e. The molecule has 1 N–H and O–H groups in total. The molecule has 2 heterocycles. The number of ether oxygens (including phenoxy) is 1. The number of ketones is 1. The summed E-state index contributed by atoms with van der Waals surface area (Å²) in [6, 6.07) is 18.7. The van der Waals surface area contributed by atoms with Crippen molar-refractivity contribution in [2.24, 2.45) is 5.92 Å². The molecule has 0 unspecified atom stereocenters. The van der Waals surface area contributed by atoms with Crippen molar-refractivity contribution >= 4 is 23.2 Å². The number of methoxy groups -OCH3 is 1. The summed E-state index contributed by atoms with van der Waals surface area (Å²) in [6.45, 7) is 2.99. The molecule has 7 heteroatoms. The number of carbonyl (C=O) groups excluding carboxylic acids is 2. The first-order valence-electron chi connectivity index (χ1n) is 10.7. The van der Waals surface area contributed by atoms with Crippen molar-refractivity contribution in [1.29, 1.82) is 0 Å². The second kappa shape index (κ2) is 9.60. The van der Waals surface area contributed by atoms with E-state index >= 15 is 0 Å². The molecule has 1 saturated heterocycles. The van der Waals surface area contributed by atoms with Crippen LogP contribution in [0, 0.1) is 5.92 Å². The molecule has 1 amide bonds. The van der Waals surface area contributed by atoms with Crippen molar-refractivity contribution in [2.75, 3.05) is 30.4 Å². The number of nitrogens with one attached hydrogen (secondary N) is 1. The molecule has 0 aliphatic carbocycles. The number of hydrogen-bond acceptors (Lipinski definition) is 6. The fourth-order valence-electron chi connectivity index (χ4n) is 3.84. The molecule has 7 nitrogen and oxygen atoms in total. The lowest BCUT2D eigenvalue weighted by molar-refractivity contribution is -0.120. The summed E-state index contributed by atoms with van der Waals surface area (Å²) in [7, 11) is 1.64. The van der Waals surface area contributed by atoms with E-state index in [1.807, 2.05) is 36.4 Å². The largest absolute Gasteiger partial charge is 0.497 e. The SMILES string of the molecule is COc1ccc(-c2ccc(N3CCC(C(=O)Nc4cccc(C(C)=O)c4)CC3)nn2)cc1. The van der Waals surface area contributed by atoms with Crippen LogP contribution in [0.3, 0.4) is 0 Å². The van der Waals surface area contributed by atoms with Gasteiger partial charge >= 0.3 is 0 Å². The van der Waals surface area contributed by atoms with Crippen molar-refractivity contribution in [3.05, 3.63) is 66.2 Å². The van der Waals surface area contributed by atoms with Gasteiger partial charge in [0, 0.05) is 35.8 Å². The zero-order chi connectivity index (χ0) is 22.5. The van der Waals surface area contributed by atoms with Gasteiger partial charge in [0.05, 0.1) is 12.8 Å². The molecule has 1 aliphatic rings. The number of hydrogen-bond donors (Lipinski definition) is 1. The monoisotopic (exact) mass is 430 g/mol. The highest BCUT2D eigenvalue weighted by Gasteiger charge is 2.26. The van der Waals surface area contributed by atoms with Crippen molar-refractivity contribution in [2.45, 2.75) is 19.8 Å². The van der Waals surface area contributed by atoms with Gasteiger partial charge in [0.25, 0.3) is 0 Å². The van der Waals surface area contributed by atoms with Crippen LogP contribution in [-0.4, -0.2) is 42.1 Å². The predicted octanol–water partition coefficient (Wildman–Crippen LogP) is 4.21. The summed E-state index contributed by atoms with van der Waals surface area (Å²) in [5.74, 6) is 1.52. The maximum atomic E-state index is 12.7. The average Bonchev–Trinajstić information content (AvgIpc) is 2.84. The van der Waals surface area contributed by atoms with Crippen LogP contribution in [0.5, 0.6) is 5.75 Å². The van der Waals surface area contributed by atoms with E-state index in [1.165, 1.54) is 6.92 Å². The second-order valence-corrected chi connectivity index (χ2v) is 7.89. The molecule has 0 bridgehead atoms. The summed E-state index contributed by atoms with van der Waals surface area (Å²) in [5, 5.41) is 11.7. The van der Waals surface area contributed by atoms with Gasteiger partial charge in [-0.25, -0.2) is 0 Å².